The van der Waals surface area contributed by atoms with Crippen LogP contribution in [0, 0.1) is 23.6 Å². The third-order valence-corrected chi connectivity index (χ3v) is 14.0. The van der Waals surface area contributed by atoms with Gasteiger partial charge in [0.15, 0.2) is 12.4 Å². The molecular weight excluding hydrogens is 839 g/mol. The molecule has 0 radical (unpaired) electrons. The predicted molar refractivity (Wildman–Crippen MR) is 234 cm³/mol. The number of pyridine rings is 1. The fraction of sp³-hybridized carbons (Fsp3) is 0.500. The van der Waals surface area contributed by atoms with E-state index in [1.807, 2.05) is 6.07 Å². The summed E-state index contributed by atoms with van der Waals surface area (Å²) in [6.07, 6.45) is 4.46. The Kier molecular flexibility index (Phi) is 10.4. The average Bonchev–Trinajstić information content (AvgIpc) is 4.07. The molecule has 5 aliphatic rings. The van der Waals surface area contributed by atoms with Gasteiger partial charge in [0.1, 0.15) is 10.8 Å². The number of hydrogen-bond donors (Lipinski definition) is 3. The van der Waals surface area contributed by atoms with Crippen LogP contribution in [0.25, 0.3) is 21.8 Å². The molecule has 332 valence electrons. The third-order valence-electron chi connectivity index (χ3n) is 13.7. The Labute approximate surface area is 365 Å². The molecule has 1 aliphatic carbocycles. The molecule has 3 aromatic heterocycles. The zero-order valence-corrected chi connectivity index (χ0v) is 36.0. The van der Waals surface area contributed by atoms with E-state index < -0.39 is 36.0 Å². The smallest absolute Gasteiger partial charge is 0.301 e. The first-order valence-electron chi connectivity index (χ1n) is 21.7. The van der Waals surface area contributed by atoms with Crippen molar-refractivity contribution in [3.05, 3.63) is 63.4 Å². The highest BCUT2D eigenvalue weighted by atomic mass is 35.5. The quantitative estimate of drug-likeness (QED) is 0.162. The molecule has 2 amide bonds. The maximum atomic E-state index is 15.8. The number of ether oxygens (including phenoxy) is 1. The molecular formula is C44H49ClF3N11O4. The summed E-state index contributed by atoms with van der Waals surface area (Å²) < 4.78 is 54.7. The maximum absolute atomic E-state index is 15.8. The lowest BCUT2D eigenvalue weighted by Gasteiger charge is -2.42. The number of aryl methyl sites for hydroxylation is 2. The monoisotopic (exact) mass is 887 g/mol. The summed E-state index contributed by atoms with van der Waals surface area (Å²) >= 11 is 6.65. The van der Waals surface area contributed by atoms with Crippen LogP contribution in [0.3, 0.4) is 0 Å². The number of halogens is 4. The number of piperazine rings is 1. The molecule has 2 aromatic carbocycles. The van der Waals surface area contributed by atoms with E-state index in [4.69, 9.17) is 21.3 Å². The molecule has 3 saturated heterocycles. The van der Waals surface area contributed by atoms with E-state index in [9.17, 15) is 14.4 Å². The summed E-state index contributed by atoms with van der Waals surface area (Å²) in [6, 6.07) is 7.51. The lowest BCUT2D eigenvalue weighted by Crippen LogP contribution is -2.50. The molecule has 15 nitrogen and oxygen atoms in total. The molecule has 2 unspecified atom stereocenters. The molecule has 4 atom stereocenters. The summed E-state index contributed by atoms with van der Waals surface area (Å²) in [5.41, 5.74) is 2.69. The Morgan fingerprint density at radius 1 is 0.968 bits per heavy atom. The van der Waals surface area contributed by atoms with Gasteiger partial charge in [0, 0.05) is 82.8 Å². The van der Waals surface area contributed by atoms with Gasteiger partial charge in [-0.2, -0.15) is 10.1 Å². The van der Waals surface area contributed by atoms with Crippen molar-refractivity contribution in [3.8, 4) is 5.75 Å². The Balaban J connectivity index is 0.784. The highest BCUT2D eigenvalue weighted by Crippen LogP contribution is 2.46. The second-order valence-corrected chi connectivity index (χ2v) is 18.3. The minimum atomic E-state index is -3.14. The summed E-state index contributed by atoms with van der Waals surface area (Å²) in [7, 11) is 3.38. The number of carbonyl (C=O) groups excluding carboxylic acids is 2. The van der Waals surface area contributed by atoms with E-state index >= 15 is 13.2 Å². The zero-order valence-electron chi connectivity index (χ0n) is 35.3. The summed E-state index contributed by atoms with van der Waals surface area (Å²) in [5, 5.41) is 14.8. The van der Waals surface area contributed by atoms with Crippen LogP contribution in [-0.4, -0.2) is 105 Å². The topological polar surface area (TPSA) is 155 Å². The number of alkyl halides is 2. The SMILES string of the molecule is C[C@H]1CN(c2ncc(Cl)c(Nc3ccc4c(c3)c3c(c(=O)n4C)OCC(F)(F)C(C4CC4)N3)n2)CC[C@H]1CN1CCN(c2cc3c(cc2F)c(C2CCC(=O)NC2=O)nn3C)CC1. The molecule has 0 spiro atoms. The van der Waals surface area contributed by atoms with Crippen LogP contribution in [0.5, 0.6) is 5.75 Å². The van der Waals surface area contributed by atoms with E-state index in [1.165, 1.54) is 10.6 Å². The van der Waals surface area contributed by atoms with Crippen molar-refractivity contribution >= 4 is 74.0 Å². The molecule has 63 heavy (non-hydrogen) atoms. The fourth-order valence-corrected chi connectivity index (χ4v) is 10.1. The van der Waals surface area contributed by atoms with Gasteiger partial charge in [-0.3, -0.25) is 29.3 Å². The van der Waals surface area contributed by atoms with Gasteiger partial charge in [-0.25, -0.2) is 18.2 Å². The number of carbonyl (C=O) groups is 2. The van der Waals surface area contributed by atoms with Crippen molar-refractivity contribution in [1.82, 2.24) is 34.5 Å². The highest BCUT2D eigenvalue weighted by Gasteiger charge is 2.51. The highest BCUT2D eigenvalue weighted by molar-refractivity contribution is 6.33. The van der Waals surface area contributed by atoms with Crippen LogP contribution < -0.4 is 36.0 Å². The Hall–Kier alpha value is -5.62. The van der Waals surface area contributed by atoms with Crippen LogP contribution in [0.1, 0.15) is 50.6 Å². The van der Waals surface area contributed by atoms with E-state index in [2.05, 4.69) is 47.7 Å². The van der Waals surface area contributed by atoms with Crippen LogP contribution in [0.15, 0.2) is 41.3 Å². The number of anilines is 5. The first kappa shape index (κ1) is 41.4. The number of hydrogen-bond acceptors (Lipinski definition) is 12. The van der Waals surface area contributed by atoms with Crippen molar-refractivity contribution in [2.75, 3.05) is 72.9 Å². The number of fused-ring (bicyclic) bond motifs is 4. The van der Waals surface area contributed by atoms with Gasteiger partial charge in [0.2, 0.25) is 23.5 Å². The van der Waals surface area contributed by atoms with Gasteiger partial charge in [-0.15, -0.1) is 0 Å². The summed E-state index contributed by atoms with van der Waals surface area (Å²) in [5.74, 6) is -3.41. The minimum Gasteiger partial charge on any atom is -0.480 e. The number of imide groups is 1. The maximum Gasteiger partial charge on any atom is 0.301 e. The van der Waals surface area contributed by atoms with Crippen LogP contribution >= 0.6 is 11.6 Å². The van der Waals surface area contributed by atoms with Gasteiger partial charge in [-0.1, -0.05) is 18.5 Å². The van der Waals surface area contributed by atoms with E-state index in [-0.39, 0.29) is 35.5 Å². The number of amides is 2. The normalized spacial score (nSPS) is 24.2. The van der Waals surface area contributed by atoms with Crippen molar-refractivity contribution in [3.63, 3.8) is 0 Å². The lowest BCUT2D eigenvalue weighted by molar-refractivity contribution is -0.134. The second-order valence-electron chi connectivity index (χ2n) is 17.9. The van der Waals surface area contributed by atoms with E-state index in [1.54, 1.807) is 43.2 Å². The van der Waals surface area contributed by atoms with Crippen molar-refractivity contribution < 1.29 is 27.5 Å². The Morgan fingerprint density at radius 2 is 1.76 bits per heavy atom. The summed E-state index contributed by atoms with van der Waals surface area (Å²) in [6.45, 7) is 6.71. The van der Waals surface area contributed by atoms with Crippen LogP contribution in [0.4, 0.5) is 42.0 Å². The Morgan fingerprint density at radius 3 is 2.51 bits per heavy atom. The molecule has 3 N–H and O–H groups in total. The van der Waals surface area contributed by atoms with E-state index in [0.29, 0.717) is 94.3 Å². The lowest BCUT2D eigenvalue weighted by atomic mass is 9.86. The predicted octanol–water partition coefficient (Wildman–Crippen LogP) is 5.77. The van der Waals surface area contributed by atoms with Gasteiger partial charge >= 0.3 is 5.92 Å². The van der Waals surface area contributed by atoms with Crippen molar-refractivity contribution in [1.29, 1.82) is 0 Å². The number of nitrogens with one attached hydrogen (secondary N) is 3. The second kappa shape index (κ2) is 15.9. The van der Waals surface area contributed by atoms with Gasteiger partial charge in [0.25, 0.3) is 5.56 Å². The zero-order chi connectivity index (χ0) is 43.9. The summed E-state index contributed by atoms with van der Waals surface area (Å²) in [4.78, 5) is 53.7. The fourth-order valence-electron chi connectivity index (χ4n) is 9.92. The Bertz CT molecular complexity index is 2720. The van der Waals surface area contributed by atoms with E-state index in [0.717, 1.165) is 44.7 Å². The molecule has 1 saturated carbocycles. The number of piperidine rings is 2. The van der Waals surface area contributed by atoms with Crippen molar-refractivity contribution in [2.24, 2.45) is 31.8 Å². The van der Waals surface area contributed by atoms with Crippen LogP contribution in [0.2, 0.25) is 5.02 Å². The number of benzene rings is 2. The number of aromatic nitrogens is 5. The standard InChI is InChI=1S/C44H49ClF3N11O4/c1-23-20-59(11-10-25(23)21-57-12-14-58(15-13-57)34-18-33-29(17-31(34)46)36(54-56(33)3)27-7-9-35(60)51-41(27)61)43-49-19-30(45)40(53-43)50-26-6-8-32-28(16-26)37-38(42(62)55(32)2)63-22-44(47,48)39(52-37)24-4-5-24/h6,8,16-19,23-25,27,39,52H,4-5,7,9-15,20-22H2,1-3H3,(H,49,50,53)(H,51,60,61)/t23-,25-,27?,39?/m0/s1. The molecule has 4 fully saturated rings. The molecule has 0 bridgehead atoms. The first-order valence-corrected chi connectivity index (χ1v) is 22.1. The molecule has 7 heterocycles. The van der Waals surface area contributed by atoms with Gasteiger partial charge in [0.05, 0.1) is 46.3 Å². The molecule has 5 aromatic rings. The largest absolute Gasteiger partial charge is 0.480 e. The molecule has 4 aliphatic heterocycles. The average molecular weight is 888 g/mol. The third kappa shape index (κ3) is 7.68. The number of nitrogens with zero attached hydrogens (tertiary/aromatic N) is 8. The molecule has 19 heteroatoms. The molecule has 10 rings (SSSR count). The van der Waals surface area contributed by atoms with Gasteiger partial charge in [-0.05, 0) is 73.8 Å². The minimum absolute atomic E-state index is 0.119. The first-order chi connectivity index (χ1) is 30.2. The van der Waals surface area contributed by atoms with Gasteiger partial charge < -0.3 is 29.7 Å². The van der Waals surface area contributed by atoms with Crippen molar-refractivity contribution in [2.45, 2.75) is 56.9 Å². The number of rotatable bonds is 8. The van der Waals surface area contributed by atoms with Crippen LogP contribution in [-0.2, 0) is 23.7 Å².